The smallest absolute Gasteiger partial charge is 0.307 e. The molecule has 1 aliphatic heterocycles. The Labute approximate surface area is 100 Å². The van der Waals surface area contributed by atoms with Crippen LogP contribution in [0.15, 0.2) is 0 Å². The Kier molecular flexibility index (Phi) is 3.42. The minimum absolute atomic E-state index is 0.102. The fourth-order valence-corrected chi connectivity index (χ4v) is 4.95. The van der Waals surface area contributed by atoms with Crippen LogP contribution in [0.3, 0.4) is 0 Å². The van der Waals surface area contributed by atoms with Crippen molar-refractivity contribution in [3.8, 4) is 0 Å². The highest BCUT2D eigenvalue weighted by Gasteiger charge is 2.45. The third-order valence-electron chi connectivity index (χ3n) is 3.64. The van der Waals surface area contributed by atoms with Crippen LogP contribution in [-0.4, -0.2) is 53.3 Å². The van der Waals surface area contributed by atoms with Crippen LogP contribution in [0.4, 0.5) is 0 Å². The van der Waals surface area contributed by atoms with E-state index in [0.717, 1.165) is 0 Å². The molecule has 3 atom stereocenters. The maximum Gasteiger partial charge on any atom is 0.307 e. The summed E-state index contributed by atoms with van der Waals surface area (Å²) in [6.45, 7) is 0.400. The molecule has 0 radical (unpaired) electrons. The third kappa shape index (κ3) is 2.31. The largest absolute Gasteiger partial charge is 0.481 e. The maximum atomic E-state index is 12.2. The molecule has 2 fully saturated rings. The molecule has 2 N–H and O–H groups in total. The highest BCUT2D eigenvalue weighted by atomic mass is 32.2. The summed E-state index contributed by atoms with van der Waals surface area (Å²) < 4.78 is 25.7. The Bertz CT molecular complexity index is 407. The first-order valence-corrected chi connectivity index (χ1v) is 7.33. The summed E-state index contributed by atoms with van der Waals surface area (Å²) in [5.41, 5.74) is 0. The van der Waals surface area contributed by atoms with Crippen molar-refractivity contribution < 1.29 is 23.4 Å². The summed E-state index contributed by atoms with van der Waals surface area (Å²) in [4.78, 5) is 11.0. The zero-order valence-electron chi connectivity index (χ0n) is 9.45. The predicted molar refractivity (Wildman–Crippen MR) is 59.9 cm³/mol. The number of carboxylic acid groups (broad SMARTS) is 1. The van der Waals surface area contributed by atoms with Gasteiger partial charge >= 0.3 is 5.97 Å². The summed E-state index contributed by atoms with van der Waals surface area (Å²) in [7, 11) is -3.57. The third-order valence-corrected chi connectivity index (χ3v) is 6.02. The van der Waals surface area contributed by atoms with Gasteiger partial charge in [-0.3, -0.25) is 4.79 Å². The van der Waals surface area contributed by atoms with Gasteiger partial charge in [0.1, 0.15) is 0 Å². The van der Waals surface area contributed by atoms with Gasteiger partial charge in [-0.2, -0.15) is 4.31 Å². The molecule has 0 aromatic carbocycles. The summed E-state index contributed by atoms with van der Waals surface area (Å²) in [5.74, 6) is -1.83. The van der Waals surface area contributed by atoms with Gasteiger partial charge in [0.05, 0.1) is 17.3 Å². The van der Waals surface area contributed by atoms with Crippen molar-refractivity contribution in [1.82, 2.24) is 4.31 Å². The molecule has 1 saturated heterocycles. The average Bonchev–Trinajstić information content (AvgIpc) is 2.84. The molecule has 0 amide bonds. The van der Waals surface area contributed by atoms with Gasteiger partial charge in [-0.05, 0) is 19.3 Å². The molecule has 0 bridgehead atoms. The normalized spacial score (nSPS) is 35.2. The number of rotatable bonds is 3. The first kappa shape index (κ1) is 12.8. The van der Waals surface area contributed by atoms with E-state index >= 15 is 0 Å². The highest BCUT2D eigenvalue weighted by Crippen LogP contribution is 2.34. The van der Waals surface area contributed by atoms with Crippen molar-refractivity contribution in [3.05, 3.63) is 0 Å². The molecule has 17 heavy (non-hydrogen) atoms. The predicted octanol–water partition coefficient (Wildman–Crippen LogP) is -0.364. The van der Waals surface area contributed by atoms with E-state index < -0.39 is 33.3 Å². The van der Waals surface area contributed by atoms with Crippen LogP contribution in [0, 0.1) is 5.92 Å². The standard InChI is InChI=1S/C10H17NO5S/c12-7-4-5-11(6-7)17(15,16)9-3-1-2-8(9)10(13)14/h7-9,12H,1-6H2,(H,13,14)/t7-,8?,9?/m0/s1. The lowest BCUT2D eigenvalue weighted by Gasteiger charge is -2.23. The molecule has 2 aliphatic rings. The Morgan fingerprint density at radius 2 is 1.94 bits per heavy atom. The van der Waals surface area contributed by atoms with Crippen molar-refractivity contribution in [2.24, 2.45) is 5.92 Å². The Hall–Kier alpha value is -0.660. The van der Waals surface area contributed by atoms with Gasteiger partial charge in [0.15, 0.2) is 0 Å². The maximum absolute atomic E-state index is 12.2. The van der Waals surface area contributed by atoms with Gasteiger partial charge in [0.2, 0.25) is 10.0 Å². The van der Waals surface area contributed by atoms with E-state index in [1.165, 1.54) is 4.31 Å². The number of hydrogen-bond acceptors (Lipinski definition) is 4. The van der Waals surface area contributed by atoms with E-state index in [2.05, 4.69) is 0 Å². The second-order valence-corrected chi connectivity index (χ2v) is 6.91. The van der Waals surface area contributed by atoms with Crippen LogP contribution in [0.2, 0.25) is 0 Å². The fraction of sp³-hybridized carbons (Fsp3) is 0.900. The molecule has 7 heteroatoms. The van der Waals surface area contributed by atoms with Crippen molar-refractivity contribution in [2.45, 2.75) is 37.0 Å². The topological polar surface area (TPSA) is 94.9 Å². The molecule has 1 heterocycles. The molecule has 0 spiro atoms. The minimum atomic E-state index is -3.57. The van der Waals surface area contributed by atoms with Crippen LogP contribution in [0.5, 0.6) is 0 Å². The van der Waals surface area contributed by atoms with Crippen LogP contribution < -0.4 is 0 Å². The molecule has 1 saturated carbocycles. The minimum Gasteiger partial charge on any atom is -0.481 e. The molecule has 98 valence electrons. The van der Waals surface area contributed by atoms with E-state index in [4.69, 9.17) is 5.11 Å². The lowest BCUT2D eigenvalue weighted by molar-refractivity contribution is -0.141. The number of hydrogen-bond donors (Lipinski definition) is 2. The molecule has 2 unspecified atom stereocenters. The number of nitrogens with zero attached hydrogens (tertiary/aromatic N) is 1. The van der Waals surface area contributed by atoms with Crippen LogP contribution in [0.25, 0.3) is 0 Å². The lowest BCUT2D eigenvalue weighted by atomic mass is 10.1. The van der Waals surface area contributed by atoms with E-state index in [9.17, 15) is 18.3 Å². The number of β-amino-alcohol motifs (C(OH)–C–C–N with tert-alkyl or cyclic N) is 1. The Morgan fingerprint density at radius 3 is 2.47 bits per heavy atom. The molecule has 1 aliphatic carbocycles. The summed E-state index contributed by atoms with van der Waals surface area (Å²) in [6, 6.07) is 0. The molecule has 0 aromatic rings. The average molecular weight is 263 g/mol. The quantitative estimate of drug-likeness (QED) is 0.725. The van der Waals surface area contributed by atoms with Crippen LogP contribution in [-0.2, 0) is 14.8 Å². The van der Waals surface area contributed by atoms with E-state index in [1.54, 1.807) is 0 Å². The SMILES string of the molecule is O=C(O)C1CCCC1S(=O)(=O)N1CC[C@H](O)C1. The van der Waals surface area contributed by atoms with Gasteiger partial charge in [-0.1, -0.05) is 6.42 Å². The van der Waals surface area contributed by atoms with Crippen LogP contribution >= 0.6 is 0 Å². The first-order chi connectivity index (χ1) is 7.93. The zero-order valence-corrected chi connectivity index (χ0v) is 10.3. The summed E-state index contributed by atoms with van der Waals surface area (Å²) in [5, 5.41) is 17.6. The van der Waals surface area contributed by atoms with Gasteiger partial charge < -0.3 is 10.2 Å². The summed E-state index contributed by atoms with van der Waals surface area (Å²) in [6.07, 6.45) is 1.29. The molecular weight excluding hydrogens is 246 g/mol. The lowest BCUT2D eigenvalue weighted by Crippen LogP contribution is -2.41. The second-order valence-electron chi connectivity index (χ2n) is 4.76. The van der Waals surface area contributed by atoms with Crippen molar-refractivity contribution in [2.75, 3.05) is 13.1 Å². The number of carbonyl (C=O) groups is 1. The Balaban J connectivity index is 2.17. The monoisotopic (exact) mass is 263 g/mol. The van der Waals surface area contributed by atoms with Crippen molar-refractivity contribution >= 4 is 16.0 Å². The second kappa shape index (κ2) is 4.55. The molecule has 2 rings (SSSR count). The number of sulfonamides is 1. The van der Waals surface area contributed by atoms with Gasteiger partial charge in [0.25, 0.3) is 0 Å². The fourth-order valence-electron chi connectivity index (χ4n) is 2.70. The van der Waals surface area contributed by atoms with Gasteiger partial charge in [-0.25, -0.2) is 8.42 Å². The molecular formula is C10H17NO5S. The first-order valence-electron chi connectivity index (χ1n) is 5.82. The molecule has 0 aromatic heterocycles. The van der Waals surface area contributed by atoms with Crippen LogP contribution in [0.1, 0.15) is 25.7 Å². The summed E-state index contributed by atoms with van der Waals surface area (Å²) >= 11 is 0. The van der Waals surface area contributed by atoms with E-state index in [-0.39, 0.29) is 6.54 Å². The zero-order chi connectivity index (χ0) is 12.6. The number of aliphatic hydroxyl groups excluding tert-OH is 1. The van der Waals surface area contributed by atoms with E-state index in [0.29, 0.717) is 32.2 Å². The van der Waals surface area contributed by atoms with Crippen molar-refractivity contribution in [1.29, 1.82) is 0 Å². The van der Waals surface area contributed by atoms with E-state index in [1.807, 2.05) is 0 Å². The van der Waals surface area contributed by atoms with Gasteiger partial charge in [0, 0.05) is 13.1 Å². The number of aliphatic hydroxyl groups is 1. The molecule has 6 nitrogen and oxygen atoms in total. The highest BCUT2D eigenvalue weighted by molar-refractivity contribution is 7.89. The van der Waals surface area contributed by atoms with Gasteiger partial charge in [-0.15, -0.1) is 0 Å². The number of aliphatic carboxylic acids is 1. The Morgan fingerprint density at radius 1 is 1.24 bits per heavy atom. The number of carboxylic acids is 1. The van der Waals surface area contributed by atoms with Crippen molar-refractivity contribution in [3.63, 3.8) is 0 Å².